The van der Waals surface area contributed by atoms with Gasteiger partial charge >= 0.3 is 5.97 Å². The zero-order valence-corrected chi connectivity index (χ0v) is 15.2. The maximum atomic E-state index is 13.5. The Morgan fingerprint density at radius 1 is 1.22 bits per heavy atom. The summed E-state index contributed by atoms with van der Waals surface area (Å²) < 4.78 is 19.1. The second-order valence-corrected chi connectivity index (χ2v) is 7.28. The molecule has 1 aliphatic heterocycles. The van der Waals surface area contributed by atoms with Gasteiger partial charge in [0.1, 0.15) is 5.82 Å². The van der Waals surface area contributed by atoms with Crippen LogP contribution in [-0.2, 0) is 15.3 Å². The Labute approximate surface area is 156 Å². The van der Waals surface area contributed by atoms with Crippen LogP contribution in [0.15, 0.2) is 42.5 Å². The van der Waals surface area contributed by atoms with Gasteiger partial charge in [0.15, 0.2) is 0 Å². The molecule has 0 radical (unpaired) electrons. The first kappa shape index (κ1) is 18.5. The molecule has 1 atom stereocenters. The van der Waals surface area contributed by atoms with Gasteiger partial charge in [0.05, 0.1) is 16.8 Å². The Balaban J connectivity index is 2.15. The molecule has 0 bridgehead atoms. The van der Waals surface area contributed by atoms with Crippen molar-refractivity contribution in [1.29, 1.82) is 0 Å². The predicted molar refractivity (Wildman–Crippen MR) is 99.4 cm³/mol. The van der Waals surface area contributed by atoms with Gasteiger partial charge in [0.2, 0.25) is 0 Å². The number of hydrogen-bond donors (Lipinski definition) is 2. The van der Waals surface area contributed by atoms with Crippen LogP contribution in [0, 0.1) is 18.2 Å². The maximum Gasteiger partial charge on any atom is 0.341 e. The first-order chi connectivity index (χ1) is 12.7. The van der Waals surface area contributed by atoms with Crippen LogP contribution in [0.2, 0.25) is 0 Å². The molecule has 6 heteroatoms. The van der Waals surface area contributed by atoms with Gasteiger partial charge in [0.25, 0.3) is 11.6 Å². The average Bonchev–Trinajstić information content (AvgIpc) is 2.89. The van der Waals surface area contributed by atoms with Crippen LogP contribution >= 0.6 is 0 Å². The van der Waals surface area contributed by atoms with Gasteiger partial charge < -0.3 is 15.4 Å². The van der Waals surface area contributed by atoms with Crippen LogP contribution in [0.25, 0.3) is 0 Å². The molecule has 2 aromatic rings. The summed E-state index contributed by atoms with van der Waals surface area (Å²) in [4.78, 5) is 25.6. The van der Waals surface area contributed by atoms with E-state index in [1.807, 2.05) is 20.8 Å². The number of fused-ring (bicyclic) bond motifs is 1. The number of halogens is 1. The van der Waals surface area contributed by atoms with Crippen molar-refractivity contribution in [3.8, 4) is 12.3 Å². The standard InChI is InChI=1S/C21H19FN2O3/c1-5-13-12-14(22)10-11-17(13)23-21(19(26)24-20(2,3)4)16-9-7-6-8-15(16)18(25)27-21/h1,6-12,23H,2-4H3,(H,24,26). The molecular formula is C21H19FN2O3. The third-order valence-electron chi connectivity index (χ3n) is 4.03. The van der Waals surface area contributed by atoms with Crippen molar-refractivity contribution in [2.24, 2.45) is 0 Å². The lowest BCUT2D eigenvalue weighted by molar-refractivity contribution is -0.139. The molecule has 2 N–H and O–H groups in total. The summed E-state index contributed by atoms with van der Waals surface area (Å²) >= 11 is 0. The summed E-state index contributed by atoms with van der Waals surface area (Å²) in [5.74, 6) is 0.679. The molecule has 0 saturated heterocycles. The van der Waals surface area contributed by atoms with Gasteiger partial charge in [-0.1, -0.05) is 24.1 Å². The number of anilines is 1. The highest BCUT2D eigenvalue weighted by atomic mass is 19.1. The van der Waals surface area contributed by atoms with Gasteiger partial charge in [-0.25, -0.2) is 9.18 Å². The molecule has 0 aromatic heterocycles. The van der Waals surface area contributed by atoms with Gasteiger partial charge in [0, 0.05) is 11.1 Å². The Kier molecular flexibility index (Phi) is 4.40. The number of carbonyl (C=O) groups excluding carboxylic acids is 2. The number of benzene rings is 2. The summed E-state index contributed by atoms with van der Waals surface area (Å²) in [5.41, 5.74) is -1.24. The number of terminal acetylenes is 1. The Morgan fingerprint density at radius 3 is 2.59 bits per heavy atom. The topological polar surface area (TPSA) is 67.4 Å². The van der Waals surface area contributed by atoms with Crippen molar-refractivity contribution in [2.45, 2.75) is 32.0 Å². The number of amides is 1. The van der Waals surface area contributed by atoms with E-state index in [1.165, 1.54) is 18.2 Å². The van der Waals surface area contributed by atoms with E-state index in [0.717, 1.165) is 0 Å². The van der Waals surface area contributed by atoms with Gasteiger partial charge in [-0.15, -0.1) is 6.42 Å². The summed E-state index contributed by atoms with van der Waals surface area (Å²) in [6.07, 6.45) is 5.47. The minimum absolute atomic E-state index is 0.207. The number of rotatable bonds is 3. The van der Waals surface area contributed by atoms with E-state index in [4.69, 9.17) is 11.2 Å². The minimum atomic E-state index is -1.82. The van der Waals surface area contributed by atoms with E-state index >= 15 is 0 Å². The fourth-order valence-corrected chi connectivity index (χ4v) is 2.90. The highest BCUT2D eigenvalue weighted by Gasteiger charge is 2.53. The zero-order chi connectivity index (χ0) is 19.8. The minimum Gasteiger partial charge on any atom is -0.421 e. The van der Waals surface area contributed by atoms with E-state index < -0.39 is 29.0 Å². The van der Waals surface area contributed by atoms with Crippen LogP contribution in [0.4, 0.5) is 10.1 Å². The monoisotopic (exact) mass is 366 g/mol. The summed E-state index contributed by atoms with van der Waals surface area (Å²) in [5, 5.41) is 5.77. The summed E-state index contributed by atoms with van der Waals surface area (Å²) in [7, 11) is 0. The zero-order valence-electron chi connectivity index (χ0n) is 15.2. The van der Waals surface area contributed by atoms with Crippen molar-refractivity contribution < 1.29 is 18.7 Å². The van der Waals surface area contributed by atoms with E-state index in [2.05, 4.69) is 16.6 Å². The maximum absolute atomic E-state index is 13.5. The third-order valence-corrected chi connectivity index (χ3v) is 4.03. The van der Waals surface area contributed by atoms with Gasteiger partial charge in [-0.05, 0) is 45.0 Å². The largest absolute Gasteiger partial charge is 0.421 e. The lowest BCUT2D eigenvalue weighted by Crippen LogP contribution is -2.55. The fraction of sp³-hybridized carbons (Fsp3) is 0.238. The molecule has 0 aliphatic carbocycles. The Morgan fingerprint density at radius 2 is 1.93 bits per heavy atom. The number of esters is 1. The lowest BCUT2D eigenvalue weighted by Gasteiger charge is -2.33. The lowest BCUT2D eigenvalue weighted by atomic mass is 9.96. The highest BCUT2D eigenvalue weighted by molar-refractivity contribution is 6.03. The molecule has 1 heterocycles. The van der Waals surface area contributed by atoms with Crippen LogP contribution in [0.5, 0.6) is 0 Å². The van der Waals surface area contributed by atoms with Gasteiger partial charge in [-0.3, -0.25) is 4.79 Å². The average molecular weight is 366 g/mol. The Bertz CT molecular complexity index is 972. The van der Waals surface area contributed by atoms with Gasteiger partial charge in [-0.2, -0.15) is 0 Å². The van der Waals surface area contributed by atoms with E-state index in [0.29, 0.717) is 11.3 Å². The van der Waals surface area contributed by atoms with Crippen LogP contribution in [0.3, 0.4) is 0 Å². The van der Waals surface area contributed by atoms with Crippen molar-refractivity contribution in [3.05, 3.63) is 65.0 Å². The third kappa shape index (κ3) is 3.36. The molecular weight excluding hydrogens is 347 g/mol. The number of ether oxygens (including phenoxy) is 1. The number of nitrogens with one attached hydrogen (secondary N) is 2. The van der Waals surface area contributed by atoms with Crippen molar-refractivity contribution in [1.82, 2.24) is 5.32 Å². The number of hydrogen-bond acceptors (Lipinski definition) is 4. The number of carbonyl (C=O) groups is 2. The Hall–Kier alpha value is -3.33. The molecule has 27 heavy (non-hydrogen) atoms. The van der Waals surface area contributed by atoms with Crippen molar-refractivity contribution in [3.63, 3.8) is 0 Å². The van der Waals surface area contributed by atoms with E-state index in [9.17, 15) is 14.0 Å². The van der Waals surface area contributed by atoms with E-state index in [-0.39, 0.29) is 11.1 Å². The molecule has 138 valence electrons. The van der Waals surface area contributed by atoms with Crippen LogP contribution in [0.1, 0.15) is 42.3 Å². The molecule has 2 aromatic carbocycles. The summed E-state index contributed by atoms with van der Waals surface area (Å²) in [6, 6.07) is 10.4. The molecule has 0 spiro atoms. The predicted octanol–water partition coefficient (Wildman–Crippen LogP) is 3.16. The molecule has 3 rings (SSSR count). The van der Waals surface area contributed by atoms with Crippen LogP contribution < -0.4 is 10.6 Å². The first-order valence-corrected chi connectivity index (χ1v) is 8.36. The quantitative estimate of drug-likeness (QED) is 0.647. The first-order valence-electron chi connectivity index (χ1n) is 8.36. The summed E-state index contributed by atoms with van der Waals surface area (Å²) in [6.45, 7) is 5.43. The second kappa shape index (κ2) is 6.44. The number of cyclic esters (lactones) is 1. The normalized spacial score (nSPS) is 18.3. The fourth-order valence-electron chi connectivity index (χ4n) is 2.90. The smallest absolute Gasteiger partial charge is 0.341 e. The molecule has 0 saturated carbocycles. The molecule has 1 unspecified atom stereocenters. The molecule has 1 amide bonds. The van der Waals surface area contributed by atoms with Crippen LogP contribution in [-0.4, -0.2) is 17.4 Å². The molecule has 5 nitrogen and oxygen atoms in total. The SMILES string of the molecule is C#Cc1cc(F)ccc1NC1(C(=O)NC(C)(C)C)OC(=O)c2ccccc21. The van der Waals surface area contributed by atoms with Crippen molar-refractivity contribution in [2.75, 3.05) is 5.32 Å². The molecule has 0 fully saturated rings. The van der Waals surface area contributed by atoms with E-state index in [1.54, 1.807) is 24.3 Å². The molecule has 1 aliphatic rings. The second-order valence-electron chi connectivity index (χ2n) is 7.28. The van der Waals surface area contributed by atoms with Crippen molar-refractivity contribution >= 4 is 17.6 Å². The highest BCUT2D eigenvalue weighted by Crippen LogP contribution is 2.38.